The van der Waals surface area contributed by atoms with Crippen LogP contribution in [0.3, 0.4) is 0 Å². The number of alkyl carbamates (subject to hydrolysis) is 1. The topological polar surface area (TPSA) is 105 Å². The summed E-state index contributed by atoms with van der Waals surface area (Å²) in [6, 6.07) is 14.0. The SMILES string of the molecule is COC(=O)[C@@H](Cc1cn(C(=O)OC(C)(C)C)c2cc(OCc3ccccc3)ccc12)NC(=O)OC(C)(C)C. The van der Waals surface area contributed by atoms with Gasteiger partial charge in [-0.15, -0.1) is 0 Å². The summed E-state index contributed by atoms with van der Waals surface area (Å²) in [5.74, 6) is -0.0796. The molecular weight excluding hydrogens is 488 g/mol. The zero-order valence-corrected chi connectivity index (χ0v) is 23.0. The molecule has 3 aromatic rings. The van der Waals surface area contributed by atoms with Crippen LogP contribution in [0.2, 0.25) is 0 Å². The third kappa shape index (κ3) is 7.99. The molecule has 204 valence electrons. The Kier molecular flexibility index (Phi) is 8.70. The lowest BCUT2D eigenvalue weighted by molar-refractivity contribution is -0.143. The van der Waals surface area contributed by atoms with E-state index in [9.17, 15) is 14.4 Å². The molecule has 9 heteroatoms. The van der Waals surface area contributed by atoms with Crippen LogP contribution in [0.4, 0.5) is 9.59 Å². The number of carbonyl (C=O) groups is 3. The number of rotatable bonds is 7. The van der Waals surface area contributed by atoms with Crippen molar-refractivity contribution < 1.29 is 33.3 Å². The van der Waals surface area contributed by atoms with Crippen LogP contribution < -0.4 is 10.1 Å². The normalized spacial score (nSPS) is 12.5. The monoisotopic (exact) mass is 524 g/mol. The molecule has 9 nitrogen and oxygen atoms in total. The van der Waals surface area contributed by atoms with Crippen LogP contribution >= 0.6 is 0 Å². The highest BCUT2D eigenvalue weighted by Gasteiger charge is 2.28. The van der Waals surface area contributed by atoms with E-state index in [0.717, 1.165) is 5.56 Å². The summed E-state index contributed by atoms with van der Waals surface area (Å²) in [6.07, 6.45) is 0.332. The van der Waals surface area contributed by atoms with Gasteiger partial charge in [-0.25, -0.2) is 14.4 Å². The minimum Gasteiger partial charge on any atom is -0.489 e. The predicted molar refractivity (Wildman–Crippen MR) is 143 cm³/mol. The summed E-state index contributed by atoms with van der Waals surface area (Å²) in [7, 11) is 1.24. The Balaban J connectivity index is 1.96. The van der Waals surface area contributed by atoms with E-state index in [1.54, 1.807) is 59.9 Å². The van der Waals surface area contributed by atoms with E-state index < -0.39 is 35.4 Å². The van der Waals surface area contributed by atoms with Crippen molar-refractivity contribution in [3.05, 3.63) is 65.9 Å². The lowest BCUT2D eigenvalue weighted by atomic mass is 10.0. The molecule has 0 spiro atoms. The second kappa shape index (κ2) is 11.6. The maximum absolute atomic E-state index is 13.1. The molecule has 0 saturated heterocycles. The number of nitrogens with zero attached hydrogens (tertiary/aromatic N) is 1. The van der Waals surface area contributed by atoms with Gasteiger partial charge >= 0.3 is 18.2 Å². The van der Waals surface area contributed by atoms with Crippen molar-refractivity contribution in [2.24, 2.45) is 0 Å². The van der Waals surface area contributed by atoms with Crippen LogP contribution in [-0.2, 0) is 32.0 Å². The standard InChI is InChI=1S/C29H36N2O7/c1-28(2,3)37-26(33)30-23(25(32)35-7)15-20-17-31(27(34)38-29(4,5)6)24-16-21(13-14-22(20)24)36-18-19-11-9-8-10-12-19/h8-14,16-17,23H,15,18H2,1-7H3,(H,30,33)/t23-/m1/s1. The van der Waals surface area contributed by atoms with Crippen LogP contribution in [0, 0.1) is 0 Å². The first-order chi connectivity index (χ1) is 17.8. The van der Waals surface area contributed by atoms with E-state index in [0.29, 0.717) is 28.8 Å². The number of aromatic nitrogens is 1. The molecular formula is C29H36N2O7. The molecule has 0 unspecified atom stereocenters. The molecule has 1 aromatic heterocycles. The third-order valence-electron chi connectivity index (χ3n) is 5.30. The zero-order valence-electron chi connectivity index (χ0n) is 23.0. The van der Waals surface area contributed by atoms with Gasteiger partial charge in [-0.05, 0) is 64.8 Å². The average Bonchev–Trinajstić information content (AvgIpc) is 3.18. The Labute approximate surface area is 223 Å². The molecule has 0 radical (unpaired) electrons. The van der Waals surface area contributed by atoms with E-state index in [1.807, 2.05) is 36.4 Å². The fraction of sp³-hybridized carbons (Fsp3) is 0.414. The van der Waals surface area contributed by atoms with E-state index in [2.05, 4.69) is 5.32 Å². The van der Waals surface area contributed by atoms with Gasteiger partial charge in [0, 0.05) is 24.1 Å². The van der Waals surface area contributed by atoms with Gasteiger partial charge in [0.1, 0.15) is 29.6 Å². The molecule has 0 saturated carbocycles. The number of hydrogen-bond acceptors (Lipinski definition) is 7. The molecule has 1 heterocycles. The van der Waals surface area contributed by atoms with Gasteiger partial charge in [-0.2, -0.15) is 0 Å². The van der Waals surface area contributed by atoms with Crippen LogP contribution in [0.15, 0.2) is 54.7 Å². The van der Waals surface area contributed by atoms with Crippen molar-refractivity contribution >= 4 is 29.1 Å². The van der Waals surface area contributed by atoms with Crippen LogP contribution in [0.25, 0.3) is 10.9 Å². The maximum atomic E-state index is 13.1. The summed E-state index contributed by atoms with van der Waals surface area (Å²) in [6.45, 7) is 10.9. The number of esters is 1. The first-order valence-corrected chi connectivity index (χ1v) is 12.4. The van der Waals surface area contributed by atoms with Gasteiger partial charge in [0.15, 0.2) is 0 Å². The molecule has 38 heavy (non-hydrogen) atoms. The zero-order chi connectivity index (χ0) is 28.1. The quantitative estimate of drug-likeness (QED) is 0.316. The Bertz CT molecular complexity index is 1280. The third-order valence-corrected chi connectivity index (χ3v) is 5.30. The highest BCUT2D eigenvalue weighted by atomic mass is 16.6. The smallest absolute Gasteiger partial charge is 0.419 e. The van der Waals surface area contributed by atoms with Gasteiger partial charge in [0.25, 0.3) is 0 Å². The van der Waals surface area contributed by atoms with Gasteiger partial charge in [0.05, 0.1) is 12.6 Å². The number of amides is 1. The van der Waals surface area contributed by atoms with Gasteiger partial charge < -0.3 is 24.3 Å². The van der Waals surface area contributed by atoms with Crippen molar-refractivity contribution in [2.75, 3.05) is 7.11 Å². The Morgan fingerprint density at radius 3 is 2.18 bits per heavy atom. The summed E-state index contributed by atoms with van der Waals surface area (Å²) >= 11 is 0. The fourth-order valence-electron chi connectivity index (χ4n) is 3.74. The molecule has 2 aromatic carbocycles. The lowest BCUT2D eigenvalue weighted by Gasteiger charge is -2.22. The predicted octanol–water partition coefficient (Wildman–Crippen LogP) is 5.61. The van der Waals surface area contributed by atoms with Gasteiger partial charge in [-0.3, -0.25) is 4.57 Å². The number of nitrogens with one attached hydrogen (secondary N) is 1. The van der Waals surface area contributed by atoms with Gasteiger partial charge in [-0.1, -0.05) is 30.3 Å². The number of ether oxygens (including phenoxy) is 4. The molecule has 0 aliphatic carbocycles. The minimum atomic E-state index is -1.04. The average molecular weight is 525 g/mol. The fourth-order valence-corrected chi connectivity index (χ4v) is 3.74. The lowest BCUT2D eigenvalue weighted by Crippen LogP contribution is -2.45. The highest BCUT2D eigenvalue weighted by molar-refractivity contribution is 5.93. The van der Waals surface area contributed by atoms with Crippen molar-refractivity contribution in [1.29, 1.82) is 0 Å². The first-order valence-electron chi connectivity index (χ1n) is 12.4. The van der Waals surface area contributed by atoms with E-state index in [-0.39, 0.29) is 6.42 Å². The number of fused-ring (bicyclic) bond motifs is 1. The van der Waals surface area contributed by atoms with E-state index in [4.69, 9.17) is 18.9 Å². The minimum absolute atomic E-state index is 0.0580. The Morgan fingerprint density at radius 2 is 1.58 bits per heavy atom. The Morgan fingerprint density at radius 1 is 0.921 bits per heavy atom. The summed E-state index contributed by atoms with van der Waals surface area (Å²) in [5.41, 5.74) is 0.716. The molecule has 0 fully saturated rings. The first kappa shape index (κ1) is 28.6. The number of hydrogen-bond donors (Lipinski definition) is 1. The molecule has 1 N–H and O–H groups in total. The van der Waals surface area contributed by atoms with Crippen LogP contribution in [0.1, 0.15) is 52.7 Å². The van der Waals surface area contributed by atoms with Crippen LogP contribution in [0.5, 0.6) is 5.75 Å². The number of benzene rings is 2. The molecule has 1 amide bonds. The van der Waals surface area contributed by atoms with Crippen molar-refractivity contribution in [3.63, 3.8) is 0 Å². The molecule has 3 rings (SSSR count). The van der Waals surface area contributed by atoms with Crippen molar-refractivity contribution in [2.45, 2.75) is 71.8 Å². The van der Waals surface area contributed by atoms with E-state index >= 15 is 0 Å². The summed E-state index contributed by atoms with van der Waals surface area (Å²) < 4.78 is 23.2. The van der Waals surface area contributed by atoms with E-state index in [1.165, 1.54) is 11.7 Å². The number of carbonyl (C=O) groups excluding carboxylic acids is 3. The maximum Gasteiger partial charge on any atom is 0.419 e. The molecule has 0 bridgehead atoms. The summed E-state index contributed by atoms with van der Waals surface area (Å²) in [4.78, 5) is 38.1. The van der Waals surface area contributed by atoms with Gasteiger partial charge in [0.2, 0.25) is 0 Å². The van der Waals surface area contributed by atoms with Crippen molar-refractivity contribution in [3.8, 4) is 5.75 Å². The molecule has 1 atom stereocenters. The second-order valence-electron chi connectivity index (χ2n) is 10.9. The molecule has 0 aliphatic rings. The largest absolute Gasteiger partial charge is 0.489 e. The highest BCUT2D eigenvalue weighted by Crippen LogP contribution is 2.28. The number of methoxy groups -OCH3 is 1. The van der Waals surface area contributed by atoms with Crippen LogP contribution in [-0.4, -0.2) is 47.1 Å². The second-order valence-corrected chi connectivity index (χ2v) is 10.9. The molecule has 0 aliphatic heterocycles. The van der Waals surface area contributed by atoms with Crippen molar-refractivity contribution in [1.82, 2.24) is 9.88 Å². The summed E-state index contributed by atoms with van der Waals surface area (Å²) in [5, 5.41) is 3.28. The Hall–Kier alpha value is -4.01.